The molecule has 0 saturated heterocycles. The number of aliphatic hydroxyl groups excluding tert-OH is 1. The highest BCUT2D eigenvalue weighted by Crippen LogP contribution is 2.20. The quantitative estimate of drug-likeness (QED) is 0.794. The number of amides is 1. The number of hydrogen-bond acceptors (Lipinski definition) is 4. The fourth-order valence-corrected chi connectivity index (χ4v) is 2.33. The van der Waals surface area contributed by atoms with Gasteiger partial charge in [-0.3, -0.25) is 9.78 Å². The lowest BCUT2D eigenvalue weighted by Gasteiger charge is -2.20. The zero-order chi connectivity index (χ0) is 17.4. The third-order valence-electron chi connectivity index (χ3n) is 3.64. The van der Waals surface area contributed by atoms with Crippen LogP contribution in [0.5, 0.6) is 5.75 Å². The Balaban J connectivity index is 2.16. The van der Waals surface area contributed by atoms with Crippen LogP contribution in [0.3, 0.4) is 0 Å². The van der Waals surface area contributed by atoms with E-state index >= 15 is 0 Å². The van der Waals surface area contributed by atoms with Gasteiger partial charge in [-0.25, -0.2) is 0 Å². The van der Waals surface area contributed by atoms with Crippen molar-refractivity contribution in [3.05, 3.63) is 66.0 Å². The SMILES string of the molecule is COc1cccc(/C(C)=C/C(=O)N(CCO)Cc2cccnc2)c1. The smallest absolute Gasteiger partial charge is 0.247 e. The molecule has 0 atom stereocenters. The number of nitrogens with zero attached hydrogens (tertiary/aromatic N) is 2. The largest absolute Gasteiger partial charge is 0.497 e. The van der Waals surface area contributed by atoms with Crippen molar-refractivity contribution in [2.45, 2.75) is 13.5 Å². The van der Waals surface area contributed by atoms with Crippen LogP contribution in [-0.2, 0) is 11.3 Å². The summed E-state index contributed by atoms with van der Waals surface area (Å²) in [4.78, 5) is 18.2. The van der Waals surface area contributed by atoms with Gasteiger partial charge < -0.3 is 14.7 Å². The summed E-state index contributed by atoms with van der Waals surface area (Å²) >= 11 is 0. The Morgan fingerprint density at radius 2 is 2.17 bits per heavy atom. The molecule has 24 heavy (non-hydrogen) atoms. The molecule has 126 valence electrons. The molecule has 0 fully saturated rings. The first kappa shape index (κ1) is 17.7. The Bertz CT molecular complexity index is 699. The average Bonchev–Trinajstić information content (AvgIpc) is 2.62. The molecular formula is C19H22N2O3. The molecule has 2 rings (SSSR count). The Hall–Kier alpha value is -2.66. The molecule has 1 amide bonds. The number of methoxy groups -OCH3 is 1. The fraction of sp³-hybridized carbons (Fsp3) is 0.263. The molecule has 0 bridgehead atoms. The molecule has 0 unspecified atom stereocenters. The Kier molecular flexibility index (Phi) is 6.51. The lowest BCUT2D eigenvalue weighted by Crippen LogP contribution is -2.31. The summed E-state index contributed by atoms with van der Waals surface area (Å²) in [6.07, 6.45) is 4.99. The van der Waals surface area contributed by atoms with Gasteiger partial charge in [-0.05, 0) is 41.8 Å². The molecule has 0 saturated carbocycles. The van der Waals surface area contributed by atoms with Crippen molar-refractivity contribution in [2.75, 3.05) is 20.3 Å². The number of pyridine rings is 1. The number of carbonyl (C=O) groups excluding carboxylic acids is 1. The van der Waals surface area contributed by atoms with Crippen LogP contribution in [0.25, 0.3) is 5.57 Å². The zero-order valence-electron chi connectivity index (χ0n) is 14.0. The zero-order valence-corrected chi connectivity index (χ0v) is 14.0. The molecule has 0 radical (unpaired) electrons. The second kappa shape index (κ2) is 8.84. The minimum atomic E-state index is -0.145. The average molecular weight is 326 g/mol. The van der Waals surface area contributed by atoms with Crippen molar-refractivity contribution in [3.8, 4) is 5.75 Å². The maximum Gasteiger partial charge on any atom is 0.247 e. The second-order valence-electron chi connectivity index (χ2n) is 5.40. The maximum atomic E-state index is 12.6. The number of aromatic nitrogens is 1. The molecule has 1 N–H and O–H groups in total. The van der Waals surface area contributed by atoms with E-state index in [4.69, 9.17) is 4.74 Å². The van der Waals surface area contributed by atoms with Gasteiger partial charge in [0, 0.05) is 31.6 Å². The van der Waals surface area contributed by atoms with E-state index in [-0.39, 0.29) is 19.1 Å². The van der Waals surface area contributed by atoms with E-state index in [0.29, 0.717) is 6.54 Å². The lowest BCUT2D eigenvalue weighted by molar-refractivity contribution is -0.127. The van der Waals surface area contributed by atoms with Gasteiger partial charge in [0.05, 0.1) is 13.7 Å². The van der Waals surface area contributed by atoms with Crippen LogP contribution in [-0.4, -0.2) is 41.2 Å². The van der Waals surface area contributed by atoms with Crippen molar-refractivity contribution >= 4 is 11.5 Å². The number of allylic oxidation sites excluding steroid dienone is 1. The normalized spacial score (nSPS) is 11.2. The highest BCUT2D eigenvalue weighted by atomic mass is 16.5. The Morgan fingerprint density at radius 1 is 1.33 bits per heavy atom. The van der Waals surface area contributed by atoms with Crippen LogP contribution < -0.4 is 4.74 Å². The summed E-state index contributed by atoms with van der Waals surface area (Å²) in [7, 11) is 1.61. The van der Waals surface area contributed by atoms with E-state index in [0.717, 1.165) is 22.4 Å². The number of carbonyl (C=O) groups is 1. The lowest BCUT2D eigenvalue weighted by atomic mass is 10.1. The summed E-state index contributed by atoms with van der Waals surface area (Å²) in [5.41, 5.74) is 2.69. The van der Waals surface area contributed by atoms with Gasteiger partial charge >= 0.3 is 0 Å². The van der Waals surface area contributed by atoms with E-state index in [1.165, 1.54) is 0 Å². The first-order chi connectivity index (χ1) is 11.6. The van der Waals surface area contributed by atoms with Gasteiger partial charge in [-0.1, -0.05) is 18.2 Å². The van der Waals surface area contributed by atoms with E-state index in [1.54, 1.807) is 30.5 Å². The van der Waals surface area contributed by atoms with Crippen LogP contribution in [0.15, 0.2) is 54.9 Å². The van der Waals surface area contributed by atoms with Gasteiger partial charge in [0.25, 0.3) is 0 Å². The summed E-state index contributed by atoms with van der Waals surface area (Å²) in [6.45, 7) is 2.48. The van der Waals surface area contributed by atoms with Crippen LogP contribution in [0.1, 0.15) is 18.1 Å². The molecule has 1 aromatic carbocycles. The third kappa shape index (κ3) is 4.93. The monoisotopic (exact) mass is 326 g/mol. The predicted octanol–water partition coefficient (Wildman–Crippen LogP) is 2.51. The summed E-state index contributed by atoms with van der Waals surface area (Å²) < 4.78 is 5.21. The first-order valence-electron chi connectivity index (χ1n) is 7.75. The van der Waals surface area contributed by atoms with E-state index in [9.17, 15) is 9.90 Å². The molecule has 1 heterocycles. The van der Waals surface area contributed by atoms with Gasteiger partial charge in [0.1, 0.15) is 5.75 Å². The maximum absolute atomic E-state index is 12.6. The van der Waals surface area contributed by atoms with E-state index in [1.807, 2.05) is 43.3 Å². The van der Waals surface area contributed by atoms with Crippen molar-refractivity contribution in [1.29, 1.82) is 0 Å². The molecule has 0 spiro atoms. The van der Waals surface area contributed by atoms with Crippen LogP contribution >= 0.6 is 0 Å². The molecule has 5 nitrogen and oxygen atoms in total. The standard InChI is InChI=1S/C19H22N2O3/c1-15(17-6-3-7-18(12-17)24-2)11-19(23)21(9-10-22)14-16-5-4-8-20-13-16/h3-8,11-13,22H,9-10,14H2,1-2H3/b15-11+. The van der Waals surface area contributed by atoms with E-state index in [2.05, 4.69) is 4.98 Å². The van der Waals surface area contributed by atoms with Crippen LogP contribution in [0, 0.1) is 0 Å². The summed E-state index contributed by atoms with van der Waals surface area (Å²) in [6, 6.07) is 11.3. The van der Waals surface area contributed by atoms with Crippen molar-refractivity contribution in [3.63, 3.8) is 0 Å². The van der Waals surface area contributed by atoms with Gasteiger partial charge in [-0.2, -0.15) is 0 Å². The highest BCUT2D eigenvalue weighted by Gasteiger charge is 2.12. The van der Waals surface area contributed by atoms with Gasteiger partial charge in [-0.15, -0.1) is 0 Å². The Morgan fingerprint density at radius 3 is 2.83 bits per heavy atom. The molecule has 0 aliphatic carbocycles. The second-order valence-corrected chi connectivity index (χ2v) is 5.40. The van der Waals surface area contributed by atoms with E-state index < -0.39 is 0 Å². The van der Waals surface area contributed by atoms with Crippen molar-refractivity contribution in [1.82, 2.24) is 9.88 Å². The molecule has 1 aromatic heterocycles. The predicted molar refractivity (Wildman–Crippen MR) is 93.4 cm³/mol. The minimum Gasteiger partial charge on any atom is -0.497 e. The van der Waals surface area contributed by atoms with Gasteiger partial charge in [0.2, 0.25) is 5.91 Å². The minimum absolute atomic E-state index is 0.0853. The number of aliphatic hydroxyl groups is 1. The topological polar surface area (TPSA) is 62.7 Å². The Labute approximate surface area is 142 Å². The van der Waals surface area contributed by atoms with Gasteiger partial charge in [0.15, 0.2) is 0 Å². The van der Waals surface area contributed by atoms with Crippen molar-refractivity contribution < 1.29 is 14.6 Å². The number of rotatable bonds is 7. The molecule has 0 aliphatic heterocycles. The highest BCUT2D eigenvalue weighted by molar-refractivity contribution is 5.94. The number of ether oxygens (including phenoxy) is 1. The molecule has 5 heteroatoms. The van der Waals surface area contributed by atoms with Crippen LogP contribution in [0.4, 0.5) is 0 Å². The first-order valence-corrected chi connectivity index (χ1v) is 7.75. The van der Waals surface area contributed by atoms with Crippen molar-refractivity contribution in [2.24, 2.45) is 0 Å². The van der Waals surface area contributed by atoms with Crippen LogP contribution in [0.2, 0.25) is 0 Å². The summed E-state index contributed by atoms with van der Waals surface area (Å²) in [5, 5.41) is 9.24. The molecule has 2 aromatic rings. The number of benzene rings is 1. The third-order valence-corrected chi connectivity index (χ3v) is 3.64. The molecular weight excluding hydrogens is 304 g/mol. The number of hydrogen-bond donors (Lipinski definition) is 1. The fourth-order valence-electron chi connectivity index (χ4n) is 2.33. The summed E-state index contributed by atoms with van der Waals surface area (Å²) in [5.74, 6) is 0.600. The molecule has 0 aliphatic rings.